The number of hydrogen-bond donors (Lipinski definition) is 1. The molecule has 20 heavy (non-hydrogen) atoms. The Bertz CT molecular complexity index is 685. The van der Waals surface area contributed by atoms with Crippen LogP contribution in [0, 0.1) is 0 Å². The second-order valence-electron chi connectivity index (χ2n) is 4.84. The van der Waals surface area contributed by atoms with Gasteiger partial charge in [-0.25, -0.2) is 4.98 Å². The molecule has 0 atom stereocenters. The minimum atomic E-state index is 0.754. The molecule has 4 heteroatoms. The highest BCUT2D eigenvalue weighted by Crippen LogP contribution is 2.26. The van der Waals surface area contributed by atoms with E-state index in [1.54, 1.807) is 11.3 Å². The average molecular weight is 283 g/mol. The fourth-order valence-electron chi connectivity index (χ4n) is 2.18. The molecule has 1 aromatic heterocycles. The van der Waals surface area contributed by atoms with Gasteiger partial charge in [0.2, 0.25) is 0 Å². The number of thiazole rings is 1. The molecule has 3 aromatic rings. The van der Waals surface area contributed by atoms with Crippen molar-refractivity contribution in [2.24, 2.45) is 0 Å². The van der Waals surface area contributed by atoms with Crippen molar-refractivity contribution in [1.82, 2.24) is 4.98 Å². The highest BCUT2D eigenvalue weighted by atomic mass is 32.1. The van der Waals surface area contributed by atoms with E-state index in [4.69, 9.17) is 0 Å². The van der Waals surface area contributed by atoms with Crippen molar-refractivity contribution in [3.63, 3.8) is 0 Å². The van der Waals surface area contributed by atoms with E-state index in [9.17, 15) is 0 Å². The molecule has 0 saturated heterocycles. The van der Waals surface area contributed by atoms with E-state index < -0.39 is 0 Å². The zero-order valence-electron chi connectivity index (χ0n) is 11.6. The minimum absolute atomic E-state index is 0.754. The van der Waals surface area contributed by atoms with E-state index in [1.165, 1.54) is 10.4 Å². The van der Waals surface area contributed by atoms with Crippen molar-refractivity contribution in [2.45, 2.75) is 6.54 Å². The number of rotatable bonds is 4. The highest BCUT2D eigenvalue weighted by molar-refractivity contribution is 7.18. The summed E-state index contributed by atoms with van der Waals surface area (Å²) in [6.07, 6.45) is 0. The molecule has 102 valence electrons. The molecule has 0 aliphatic heterocycles. The van der Waals surface area contributed by atoms with Crippen molar-refractivity contribution < 1.29 is 0 Å². The number of hydrogen-bond acceptors (Lipinski definition) is 4. The van der Waals surface area contributed by atoms with Gasteiger partial charge in [-0.2, -0.15) is 0 Å². The van der Waals surface area contributed by atoms with Gasteiger partial charge in [-0.1, -0.05) is 24.3 Å². The van der Waals surface area contributed by atoms with Crippen LogP contribution in [0.25, 0.3) is 10.2 Å². The average Bonchev–Trinajstić information content (AvgIpc) is 2.88. The van der Waals surface area contributed by atoms with E-state index in [0.29, 0.717) is 0 Å². The molecule has 2 aromatic carbocycles. The summed E-state index contributed by atoms with van der Waals surface area (Å²) < 4.78 is 1.24. The maximum Gasteiger partial charge on any atom is 0.113 e. The van der Waals surface area contributed by atoms with Crippen LogP contribution in [0.1, 0.15) is 5.01 Å². The maximum atomic E-state index is 4.64. The van der Waals surface area contributed by atoms with Gasteiger partial charge in [-0.15, -0.1) is 11.3 Å². The zero-order valence-corrected chi connectivity index (χ0v) is 12.4. The maximum absolute atomic E-state index is 4.64. The third-order valence-corrected chi connectivity index (χ3v) is 4.19. The lowest BCUT2D eigenvalue weighted by molar-refractivity contribution is 1.09. The van der Waals surface area contributed by atoms with E-state index in [-0.39, 0.29) is 0 Å². The molecule has 1 N–H and O–H groups in total. The normalized spacial score (nSPS) is 10.7. The molecule has 1 heterocycles. The summed E-state index contributed by atoms with van der Waals surface area (Å²) in [5.41, 5.74) is 3.40. The Balaban J connectivity index is 1.79. The summed E-state index contributed by atoms with van der Waals surface area (Å²) in [6.45, 7) is 0.754. The topological polar surface area (TPSA) is 28.2 Å². The molecule has 3 nitrogen and oxygen atoms in total. The first-order valence-electron chi connectivity index (χ1n) is 6.59. The standard InChI is InChI=1S/C16H17N3S/c1-19(2)14-9-5-3-7-12(14)17-11-16-18-13-8-4-6-10-15(13)20-16/h3-10,17H,11H2,1-2H3. The molecule has 0 aliphatic rings. The van der Waals surface area contributed by atoms with Crippen LogP contribution in [-0.4, -0.2) is 19.1 Å². The second-order valence-corrected chi connectivity index (χ2v) is 5.96. The van der Waals surface area contributed by atoms with Gasteiger partial charge in [0.25, 0.3) is 0 Å². The van der Waals surface area contributed by atoms with Crippen LogP contribution >= 0.6 is 11.3 Å². The number of benzene rings is 2. The zero-order chi connectivity index (χ0) is 13.9. The predicted octanol–water partition coefficient (Wildman–Crippen LogP) is 3.97. The van der Waals surface area contributed by atoms with Gasteiger partial charge in [0, 0.05) is 14.1 Å². The van der Waals surface area contributed by atoms with Gasteiger partial charge in [0.15, 0.2) is 0 Å². The predicted molar refractivity (Wildman–Crippen MR) is 87.7 cm³/mol. The highest BCUT2D eigenvalue weighted by Gasteiger charge is 2.06. The Morgan fingerprint density at radius 1 is 1.05 bits per heavy atom. The van der Waals surface area contributed by atoms with Crippen LogP contribution in [0.4, 0.5) is 11.4 Å². The molecule has 0 saturated carbocycles. The molecular weight excluding hydrogens is 266 g/mol. The number of fused-ring (bicyclic) bond motifs is 1. The van der Waals surface area contributed by atoms with Gasteiger partial charge in [-0.05, 0) is 24.3 Å². The molecular formula is C16H17N3S. The van der Waals surface area contributed by atoms with Crippen LogP contribution in [0.15, 0.2) is 48.5 Å². The summed E-state index contributed by atoms with van der Waals surface area (Å²) in [4.78, 5) is 6.76. The summed E-state index contributed by atoms with van der Waals surface area (Å²) >= 11 is 1.74. The Morgan fingerprint density at radius 2 is 1.80 bits per heavy atom. The van der Waals surface area contributed by atoms with Crippen LogP contribution in [-0.2, 0) is 6.54 Å². The first-order chi connectivity index (χ1) is 9.74. The summed E-state index contributed by atoms with van der Waals surface area (Å²) in [6, 6.07) is 16.6. The first kappa shape index (κ1) is 12.9. The van der Waals surface area contributed by atoms with Gasteiger partial charge < -0.3 is 10.2 Å². The molecule has 0 amide bonds. The number of para-hydroxylation sites is 3. The molecule has 0 spiro atoms. The number of nitrogens with one attached hydrogen (secondary N) is 1. The van der Waals surface area contributed by atoms with E-state index >= 15 is 0 Å². The molecule has 0 aliphatic carbocycles. The SMILES string of the molecule is CN(C)c1ccccc1NCc1nc2ccccc2s1. The molecule has 3 rings (SSSR count). The van der Waals surface area contributed by atoms with Crippen LogP contribution in [0.2, 0.25) is 0 Å². The first-order valence-corrected chi connectivity index (χ1v) is 7.40. The number of anilines is 2. The summed E-state index contributed by atoms with van der Waals surface area (Å²) in [5.74, 6) is 0. The smallest absolute Gasteiger partial charge is 0.113 e. The molecule has 0 bridgehead atoms. The Morgan fingerprint density at radius 3 is 2.60 bits per heavy atom. The summed E-state index contributed by atoms with van der Waals surface area (Å²) in [7, 11) is 4.11. The second kappa shape index (κ2) is 5.51. The Labute approximate surface area is 122 Å². The van der Waals surface area contributed by atoms with E-state index in [1.807, 2.05) is 12.1 Å². The van der Waals surface area contributed by atoms with Crippen LogP contribution in [0.3, 0.4) is 0 Å². The van der Waals surface area contributed by atoms with Crippen molar-refractivity contribution in [2.75, 3.05) is 24.3 Å². The quantitative estimate of drug-likeness (QED) is 0.785. The lowest BCUT2D eigenvalue weighted by atomic mass is 10.2. The van der Waals surface area contributed by atoms with Crippen molar-refractivity contribution in [3.8, 4) is 0 Å². The molecule has 0 unspecified atom stereocenters. The molecule has 0 radical (unpaired) electrons. The minimum Gasteiger partial charge on any atom is -0.377 e. The van der Waals surface area contributed by atoms with Crippen LogP contribution in [0.5, 0.6) is 0 Å². The summed E-state index contributed by atoms with van der Waals surface area (Å²) in [5, 5.41) is 4.59. The fourth-order valence-corrected chi connectivity index (χ4v) is 3.09. The van der Waals surface area contributed by atoms with Crippen LogP contribution < -0.4 is 10.2 Å². The third kappa shape index (κ3) is 2.60. The number of nitrogens with zero attached hydrogens (tertiary/aromatic N) is 2. The van der Waals surface area contributed by atoms with E-state index in [2.05, 4.69) is 65.7 Å². The van der Waals surface area contributed by atoms with Gasteiger partial charge in [-0.3, -0.25) is 0 Å². The van der Waals surface area contributed by atoms with Gasteiger partial charge in [0.1, 0.15) is 5.01 Å². The monoisotopic (exact) mass is 283 g/mol. The Kier molecular flexibility index (Phi) is 3.56. The number of aromatic nitrogens is 1. The lowest BCUT2D eigenvalue weighted by Gasteiger charge is -2.17. The van der Waals surface area contributed by atoms with Gasteiger partial charge in [0.05, 0.1) is 28.1 Å². The van der Waals surface area contributed by atoms with E-state index in [0.717, 1.165) is 22.8 Å². The van der Waals surface area contributed by atoms with Crippen molar-refractivity contribution in [1.29, 1.82) is 0 Å². The third-order valence-electron chi connectivity index (χ3n) is 3.15. The molecule has 0 fully saturated rings. The largest absolute Gasteiger partial charge is 0.377 e. The van der Waals surface area contributed by atoms with Gasteiger partial charge >= 0.3 is 0 Å². The fraction of sp³-hybridized carbons (Fsp3) is 0.188. The lowest BCUT2D eigenvalue weighted by Crippen LogP contribution is -2.11. The van der Waals surface area contributed by atoms with Crippen molar-refractivity contribution >= 4 is 32.9 Å². The Hall–Kier alpha value is -2.07. The van der Waals surface area contributed by atoms with Crippen molar-refractivity contribution in [3.05, 3.63) is 53.5 Å².